The van der Waals surface area contributed by atoms with Crippen LogP contribution in [0, 0.1) is 0 Å². The topological polar surface area (TPSA) is 40.8 Å². The van der Waals surface area contributed by atoms with Crippen molar-refractivity contribution in [2.24, 2.45) is 0 Å². The summed E-state index contributed by atoms with van der Waals surface area (Å²) in [5, 5.41) is 0. The molecule has 5 heteroatoms. The first-order valence-electron chi connectivity index (χ1n) is 7.67. The second-order valence-corrected chi connectivity index (χ2v) is 8.21. The zero-order valence-electron chi connectivity index (χ0n) is 15.3. The van der Waals surface area contributed by atoms with E-state index in [1.807, 2.05) is 28.2 Å². The first-order valence-corrected chi connectivity index (χ1v) is 7.67. The van der Waals surface area contributed by atoms with E-state index in [0.29, 0.717) is 0 Å². The van der Waals surface area contributed by atoms with Gasteiger partial charge in [-0.2, -0.15) is 0 Å². The van der Waals surface area contributed by atoms with Crippen molar-refractivity contribution in [3.8, 4) is 0 Å². The monoisotopic (exact) mass is 300 g/mol. The van der Waals surface area contributed by atoms with Crippen LogP contribution in [0.2, 0.25) is 0 Å². The molecule has 2 heterocycles. The Morgan fingerprint density at radius 3 is 1.05 bits per heavy atom. The van der Waals surface area contributed by atoms with Gasteiger partial charge in [0.15, 0.2) is 0 Å². The number of rotatable bonds is 6. The summed E-state index contributed by atoms with van der Waals surface area (Å²) in [7, 11) is 8.12. The number of epoxide rings is 2. The van der Waals surface area contributed by atoms with Crippen LogP contribution in [0.1, 0.15) is 41.5 Å². The Bertz CT molecular complexity index is 384. The minimum Gasteiger partial charge on any atom is -0.359 e. The van der Waals surface area contributed by atoms with Gasteiger partial charge in [0.05, 0.1) is 11.2 Å². The molecule has 0 aromatic rings. The third-order valence-electron chi connectivity index (χ3n) is 5.38. The second kappa shape index (κ2) is 4.65. The third kappa shape index (κ3) is 2.53. The number of nitrogens with zero attached hydrogens (tertiary/aromatic N) is 2. The van der Waals surface area contributed by atoms with Crippen molar-refractivity contribution in [1.82, 2.24) is 9.80 Å². The Balaban J connectivity index is 2.20. The Hall–Kier alpha value is -0.200. The maximum absolute atomic E-state index is 6.50. The molecule has 0 amide bonds. The van der Waals surface area contributed by atoms with Gasteiger partial charge in [0.2, 0.25) is 0 Å². The zero-order chi connectivity index (χ0) is 16.4. The molecule has 124 valence electrons. The first-order chi connectivity index (χ1) is 9.28. The smallest absolute Gasteiger partial charge is 0.144 e. The molecule has 2 fully saturated rings. The van der Waals surface area contributed by atoms with Gasteiger partial charge in [-0.05, 0) is 69.7 Å². The van der Waals surface area contributed by atoms with Crippen LogP contribution in [0.3, 0.4) is 0 Å². The Kier molecular flexibility index (Phi) is 3.80. The molecule has 21 heavy (non-hydrogen) atoms. The van der Waals surface area contributed by atoms with Gasteiger partial charge in [0.25, 0.3) is 0 Å². The molecular formula is C16H32N2O3. The minimum atomic E-state index is -0.305. The summed E-state index contributed by atoms with van der Waals surface area (Å²) < 4.78 is 18.4. The fraction of sp³-hybridized carbons (Fsp3) is 1.00. The fourth-order valence-electron chi connectivity index (χ4n) is 3.32. The van der Waals surface area contributed by atoms with Crippen LogP contribution in [0.5, 0.6) is 0 Å². The normalized spacial score (nSPS) is 39.4. The summed E-state index contributed by atoms with van der Waals surface area (Å²) >= 11 is 0. The molecule has 4 atom stereocenters. The molecule has 2 aliphatic rings. The molecule has 0 aromatic heterocycles. The Morgan fingerprint density at radius 1 is 0.667 bits per heavy atom. The molecule has 0 aliphatic carbocycles. The molecule has 2 rings (SSSR count). The lowest BCUT2D eigenvalue weighted by atomic mass is 9.93. The lowest BCUT2D eigenvalue weighted by Gasteiger charge is -2.37. The SMILES string of the molecule is CN(C)C(OC(N(C)C)C1(C)OC1(C)C)C1(C)OC1(C)C. The van der Waals surface area contributed by atoms with Gasteiger partial charge >= 0.3 is 0 Å². The van der Waals surface area contributed by atoms with Crippen molar-refractivity contribution in [3.63, 3.8) is 0 Å². The molecule has 0 bridgehead atoms. The van der Waals surface area contributed by atoms with Gasteiger partial charge in [-0.15, -0.1) is 0 Å². The average molecular weight is 300 g/mol. The molecule has 4 unspecified atom stereocenters. The van der Waals surface area contributed by atoms with Gasteiger partial charge in [0.1, 0.15) is 23.7 Å². The number of ether oxygens (including phenoxy) is 3. The fourth-order valence-corrected chi connectivity index (χ4v) is 3.32. The van der Waals surface area contributed by atoms with Crippen LogP contribution in [0.25, 0.3) is 0 Å². The van der Waals surface area contributed by atoms with Crippen LogP contribution in [0.15, 0.2) is 0 Å². The largest absolute Gasteiger partial charge is 0.359 e. The van der Waals surface area contributed by atoms with Crippen molar-refractivity contribution in [3.05, 3.63) is 0 Å². The van der Waals surface area contributed by atoms with E-state index >= 15 is 0 Å². The van der Waals surface area contributed by atoms with E-state index in [1.54, 1.807) is 0 Å². The van der Waals surface area contributed by atoms with Crippen molar-refractivity contribution >= 4 is 0 Å². The standard InChI is InChI=1S/C16H32N2O3/c1-13(2)15(5,20-13)11(17(7)8)19-12(18(9)10)16(6)14(3,4)21-16/h11-12H,1-10H3. The summed E-state index contributed by atoms with van der Waals surface area (Å²) in [5.74, 6) is 0. The molecule has 5 nitrogen and oxygen atoms in total. The predicted molar refractivity (Wildman–Crippen MR) is 83.2 cm³/mol. The summed E-state index contributed by atoms with van der Waals surface area (Å²) in [6.45, 7) is 12.7. The molecule has 0 spiro atoms. The molecule has 0 saturated carbocycles. The van der Waals surface area contributed by atoms with Gasteiger partial charge in [-0.1, -0.05) is 0 Å². The lowest BCUT2D eigenvalue weighted by molar-refractivity contribution is -0.179. The van der Waals surface area contributed by atoms with Crippen LogP contribution in [-0.2, 0) is 14.2 Å². The highest BCUT2D eigenvalue weighted by Gasteiger charge is 2.70. The maximum atomic E-state index is 6.50. The lowest BCUT2D eigenvalue weighted by Crippen LogP contribution is -2.54. The van der Waals surface area contributed by atoms with Crippen LogP contribution < -0.4 is 0 Å². The van der Waals surface area contributed by atoms with E-state index in [-0.39, 0.29) is 34.9 Å². The van der Waals surface area contributed by atoms with Crippen molar-refractivity contribution < 1.29 is 14.2 Å². The van der Waals surface area contributed by atoms with E-state index in [4.69, 9.17) is 14.2 Å². The molecule has 0 radical (unpaired) electrons. The van der Waals surface area contributed by atoms with E-state index in [2.05, 4.69) is 51.3 Å². The van der Waals surface area contributed by atoms with Crippen molar-refractivity contribution in [1.29, 1.82) is 0 Å². The third-order valence-corrected chi connectivity index (χ3v) is 5.38. The van der Waals surface area contributed by atoms with Crippen molar-refractivity contribution in [2.75, 3.05) is 28.2 Å². The highest BCUT2D eigenvalue weighted by atomic mass is 16.7. The first kappa shape index (κ1) is 17.2. The van der Waals surface area contributed by atoms with Crippen LogP contribution >= 0.6 is 0 Å². The number of hydrogen-bond donors (Lipinski definition) is 0. The van der Waals surface area contributed by atoms with Gasteiger partial charge in [-0.3, -0.25) is 9.80 Å². The maximum Gasteiger partial charge on any atom is 0.144 e. The molecule has 2 saturated heterocycles. The molecule has 2 aliphatic heterocycles. The van der Waals surface area contributed by atoms with Gasteiger partial charge in [0, 0.05) is 0 Å². The summed E-state index contributed by atoms with van der Waals surface area (Å²) in [6.07, 6.45) is -0.256. The second-order valence-electron chi connectivity index (χ2n) is 8.21. The molecule has 0 aromatic carbocycles. The molecular weight excluding hydrogens is 268 g/mol. The molecule has 0 N–H and O–H groups in total. The minimum absolute atomic E-state index is 0.128. The van der Waals surface area contributed by atoms with E-state index in [0.717, 1.165) is 0 Å². The predicted octanol–water partition coefficient (Wildman–Crippen LogP) is 1.91. The van der Waals surface area contributed by atoms with E-state index in [9.17, 15) is 0 Å². The zero-order valence-corrected chi connectivity index (χ0v) is 15.3. The number of likely N-dealkylation sites (N-methyl/N-ethyl adjacent to an activating group) is 2. The van der Waals surface area contributed by atoms with Crippen LogP contribution in [-0.4, -0.2) is 72.9 Å². The Morgan fingerprint density at radius 2 is 0.905 bits per heavy atom. The Labute approximate surface area is 129 Å². The summed E-state index contributed by atoms with van der Waals surface area (Å²) in [4.78, 5) is 4.17. The summed E-state index contributed by atoms with van der Waals surface area (Å²) in [6, 6.07) is 0. The summed E-state index contributed by atoms with van der Waals surface area (Å²) in [5.41, 5.74) is -0.945. The highest BCUT2D eigenvalue weighted by molar-refractivity contribution is 5.15. The van der Waals surface area contributed by atoms with Gasteiger partial charge < -0.3 is 14.2 Å². The number of hydrogen-bond acceptors (Lipinski definition) is 5. The quantitative estimate of drug-likeness (QED) is 0.554. The van der Waals surface area contributed by atoms with Crippen molar-refractivity contribution in [2.45, 2.75) is 76.4 Å². The van der Waals surface area contributed by atoms with E-state index < -0.39 is 0 Å². The highest BCUT2D eigenvalue weighted by Crippen LogP contribution is 2.54. The van der Waals surface area contributed by atoms with Gasteiger partial charge in [-0.25, -0.2) is 0 Å². The van der Waals surface area contributed by atoms with E-state index in [1.165, 1.54) is 0 Å². The van der Waals surface area contributed by atoms with Crippen LogP contribution in [0.4, 0.5) is 0 Å². The average Bonchev–Trinajstić information content (AvgIpc) is 2.96.